The van der Waals surface area contributed by atoms with E-state index in [1.54, 1.807) is 0 Å². The van der Waals surface area contributed by atoms with Gasteiger partial charge >= 0.3 is 6.03 Å². The molecular formula is C23H31N3O2S. The Labute approximate surface area is 176 Å². The zero-order chi connectivity index (χ0) is 20.3. The highest BCUT2D eigenvalue weighted by atomic mass is 32.2. The van der Waals surface area contributed by atoms with Crippen molar-refractivity contribution < 1.29 is 9.00 Å². The number of carbonyl (C=O) groups excluding carboxylic acids is 1. The van der Waals surface area contributed by atoms with Gasteiger partial charge in [0, 0.05) is 41.9 Å². The first kappa shape index (κ1) is 21.5. The second-order valence-electron chi connectivity index (χ2n) is 7.49. The van der Waals surface area contributed by atoms with E-state index in [1.165, 1.54) is 24.8 Å². The molecule has 1 aliphatic rings. The Bertz CT molecular complexity index is 792. The van der Waals surface area contributed by atoms with E-state index in [2.05, 4.69) is 33.7 Å². The first-order valence-electron chi connectivity index (χ1n) is 10.4. The Kier molecular flexibility index (Phi) is 8.71. The number of urea groups is 1. The molecule has 0 spiro atoms. The molecule has 1 atom stereocenters. The number of piperidine rings is 1. The van der Waals surface area contributed by atoms with Crippen LogP contribution in [0.5, 0.6) is 0 Å². The van der Waals surface area contributed by atoms with Crippen LogP contribution in [0.1, 0.15) is 36.0 Å². The summed E-state index contributed by atoms with van der Waals surface area (Å²) in [5.41, 5.74) is 3.49. The molecule has 1 saturated heterocycles. The van der Waals surface area contributed by atoms with Crippen molar-refractivity contribution in [3.63, 3.8) is 0 Å². The highest BCUT2D eigenvalue weighted by Gasteiger charge is 2.12. The van der Waals surface area contributed by atoms with E-state index >= 15 is 0 Å². The van der Waals surface area contributed by atoms with E-state index in [0.29, 0.717) is 24.6 Å². The predicted molar refractivity (Wildman–Crippen MR) is 119 cm³/mol. The Morgan fingerprint density at radius 2 is 1.59 bits per heavy atom. The van der Waals surface area contributed by atoms with Crippen LogP contribution in [0.4, 0.5) is 4.79 Å². The van der Waals surface area contributed by atoms with Crippen LogP contribution >= 0.6 is 0 Å². The van der Waals surface area contributed by atoms with E-state index in [4.69, 9.17) is 0 Å². The molecule has 3 rings (SSSR count). The smallest absolute Gasteiger partial charge is 0.315 e. The van der Waals surface area contributed by atoms with Gasteiger partial charge in [0.15, 0.2) is 0 Å². The minimum Gasteiger partial charge on any atom is -0.337 e. The topological polar surface area (TPSA) is 61.4 Å². The molecule has 1 unspecified atom stereocenters. The average molecular weight is 414 g/mol. The quantitative estimate of drug-likeness (QED) is 0.662. The summed E-state index contributed by atoms with van der Waals surface area (Å²) in [6.45, 7) is 4.16. The van der Waals surface area contributed by atoms with Gasteiger partial charge in [-0.1, -0.05) is 61.0 Å². The van der Waals surface area contributed by atoms with Gasteiger partial charge in [0.05, 0.1) is 0 Å². The zero-order valence-corrected chi connectivity index (χ0v) is 17.8. The summed E-state index contributed by atoms with van der Waals surface area (Å²) in [7, 11) is -0.983. The molecule has 0 saturated carbocycles. The molecule has 6 heteroatoms. The Morgan fingerprint density at radius 1 is 0.897 bits per heavy atom. The second-order valence-corrected chi connectivity index (χ2v) is 9.07. The summed E-state index contributed by atoms with van der Waals surface area (Å²) in [4.78, 5) is 14.6. The molecule has 2 aromatic rings. The number of benzene rings is 2. The molecule has 2 N–H and O–H groups in total. The summed E-state index contributed by atoms with van der Waals surface area (Å²) >= 11 is 0. The van der Waals surface area contributed by atoms with Gasteiger partial charge in [-0.25, -0.2) is 4.79 Å². The monoisotopic (exact) mass is 413 g/mol. The maximum absolute atomic E-state index is 12.1. The predicted octanol–water partition coefficient (Wildman–Crippen LogP) is 3.42. The Balaban J connectivity index is 1.38. The molecule has 0 radical (unpaired) electrons. The van der Waals surface area contributed by atoms with Crippen LogP contribution in [0.3, 0.4) is 0 Å². The van der Waals surface area contributed by atoms with Crippen molar-refractivity contribution in [1.82, 2.24) is 15.5 Å². The van der Waals surface area contributed by atoms with E-state index in [0.717, 1.165) is 30.8 Å². The maximum Gasteiger partial charge on any atom is 0.315 e. The van der Waals surface area contributed by atoms with Gasteiger partial charge < -0.3 is 10.6 Å². The molecule has 1 fully saturated rings. The summed E-state index contributed by atoms with van der Waals surface area (Å²) in [6.07, 6.45) is 3.87. The molecule has 156 valence electrons. The van der Waals surface area contributed by atoms with Crippen LogP contribution in [0.2, 0.25) is 0 Å². The zero-order valence-electron chi connectivity index (χ0n) is 16.9. The highest BCUT2D eigenvalue weighted by Crippen LogP contribution is 2.16. The van der Waals surface area contributed by atoms with Gasteiger partial charge in [-0.3, -0.25) is 9.11 Å². The summed E-state index contributed by atoms with van der Waals surface area (Å²) in [6, 6.07) is 17.9. The molecule has 5 nitrogen and oxygen atoms in total. The van der Waals surface area contributed by atoms with Crippen LogP contribution < -0.4 is 10.6 Å². The largest absolute Gasteiger partial charge is 0.337 e. The minimum atomic E-state index is -0.983. The first-order valence-corrected chi connectivity index (χ1v) is 11.9. The average Bonchev–Trinajstić information content (AvgIpc) is 2.74. The van der Waals surface area contributed by atoms with Crippen LogP contribution in [0.15, 0.2) is 54.6 Å². The van der Waals surface area contributed by atoms with E-state index in [-0.39, 0.29) is 6.03 Å². The molecule has 1 aliphatic heterocycles. The van der Waals surface area contributed by atoms with Crippen molar-refractivity contribution in [2.75, 3.05) is 25.4 Å². The summed E-state index contributed by atoms with van der Waals surface area (Å²) in [5.74, 6) is 0.974. The van der Waals surface area contributed by atoms with Crippen molar-refractivity contribution in [1.29, 1.82) is 0 Å². The molecule has 2 amide bonds. The van der Waals surface area contributed by atoms with Crippen LogP contribution in [0, 0.1) is 0 Å². The summed E-state index contributed by atoms with van der Waals surface area (Å²) < 4.78 is 12.1. The fourth-order valence-electron chi connectivity index (χ4n) is 3.59. The van der Waals surface area contributed by atoms with Gasteiger partial charge in [-0.15, -0.1) is 0 Å². The van der Waals surface area contributed by atoms with Crippen molar-refractivity contribution in [2.45, 2.75) is 38.1 Å². The lowest BCUT2D eigenvalue weighted by molar-refractivity contribution is 0.220. The molecule has 1 heterocycles. The maximum atomic E-state index is 12.1. The van der Waals surface area contributed by atoms with Crippen LogP contribution in [0.25, 0.3) is 0 Å². The standard InChI is InChI=1S/C23H31N3O2S/c27-23(24-13-16-29(28)19-20-9-3-1-4-10-20)25-17-21-11-5-6-12-22(21)18-26-14-7-2-8-15-26/h1,3-6,9-12H,2,7-8,13-19H2,(H2,24,25,27). The van der Waals surface area contributed by atoms with Gasteiger partial charge in [0.2, 0.25) is 0 Å². The fourth-order valence-corrected chi connectivity index (χ4v) is 4.63. The van der Waals surface area contributed by atoms with Gasteiger partial charge in [-0.05, 0) is 42.6 Å². The lowest BCUT2D eigenvalue weighted by atomic mass is 10.0. The van der Waals surface area contributed by atoms with Crippen LogP contribution in [-0.4, -0.2) is 40.5 Å². The normalized spacial score (nSPS) is 15.6. The fraction of sp³-hybridized carbons (Fsp3) is 0.435. The first-order chi connectivity index (χ1) is 14.2. The van der Waals surface area contributed by atoms with Crippen LogP contribution in [-0.2, 0) is 29.6 Å². The number of rotatable bonds is 9. The number of carbonyl (C=O) groups is 1. The molecule has 0 aliphatic carbocycles. The number of nitrogens with zero attached hydrogens (tertiary/aromatic N) is 1. The SMILES string of the molecule is O=C(NCCS(=O)Cc1ccccc1)NCc1ccccc1CN1CCCCC1. The van der Waals surface area contributed by atoms with Gasteiger partial charge in [-0.2, -0.15) is 0 Å². The summed E-state index contributed by atoms with van der Waals surface area (Å²) in [5, 5.41) is 5.75. The van der Waals surface area contributed by atoms with E-state index in [9.17, 15) is 9.00 Å². The number of hydrogen-bond acceptors (Lipinski definition) is 3. The van der Waals surface area contributed by atoms with Crippen molar-refractivity contribution in [2.24, 2.45) is 0 Å². The Hall–Kier alpha value is -2.18. The molecule has 0 bridgehead atoms. The van der Waals surface area contributed by atoms with Crippen molar-refractivity contribution in [3.8, 4) is 0 Å². The number of amides is 2. The van der Waals surface area contributed by atoms with Gasteiger partial charge in [0.25, 0.3) is 0 Å². The second kappa shape index (κ2) is 11.7. The third-order valence-corrected chi connectivity index (χ3v) is 6.50. The molecular weight excluding hydrogens is 382 g/mol. The molecule has 2 aromatic carbocycles. The Morgan fingerprint density at radius 3 is 2.34 bits per heavy atom. The third kappa shape index (κ3) is 7.63. The minimum absolute atomic E-state index is 0.213. The third-order valence-electron chi connectivity index (χ3n) is 5.19. The molecule has 0 aromatic heterocycles. The van der Waals surface area contributed by atoms with Crippen molar-refractivity contribution >= 4 is 16.8 Å². The molecule has 29 heavy (non-hydrogen) atoms. The lowest BCUT2D eigenvalue weighted by Gasteiger charge is -2.27. The number of likely N-dealkylation sites (tertiary alicyclic amines) is 1. The highest BCUT2D eigenvalue weighted by molar-refractivity contribution is 7.84. The van der Waals surface area contributed by atoms with Crippen molar-refractivity contribution in [3.05, 3.63) is 71.3 Å². The lowest BCUT2D eigenvalue weighted by Crippen LogP contribution is -2.37. The van der Waals surface area contributed by atoms with Gasteiger partial charge in [0.1, 0.15) is 0 Å². The van der Waals surface area contributed by atoms with E-state index in [1.807, 2.05) is 36.4 Å². The number of nitrogens with one attached hydrogen (secondary N) is 2. The number of hydrogen-bond donors (Lipinski definition) is 2. The van der Waals surface area contributed by atoms with E-state index < -0.39 is 10.8 Å².